The van der Waals surface area contributed by atoms with Gasteiger partial charge in [-0.25, -0.2) is 0 Å². The largest absolute Gasteiger partial charge is 0.384 e. The van der Waals surface area contributed by atoms with Crippen LogP contribution in [0.5, 0.6) is 0 Å². The number of hydrogen-bond acceptors (Lipinski definition) is 5. The summed E-state index contributed by atoms with van der Waals surface area (Å²) in [4.78, 5) is 16.5. The topological polar surface area (TPSA) is 59.4 Å². The summed E-state index contributed by atoms with van der Waals surface area (Å²) in [5, 5.41) is 12.6. The molecule has 5 heteroatoms. The molecule has 3 rings (SSSR count). The Balaban J connectivity index is 1.44. The zero-order valence-corrected chi connectivity index (χ0v) is 16.7. The first-order valence-corrected chi connectivity index (χ1v) is 9.90. The Bertz CT molecular complexity index is 863. The lowest BCUT2D eigenvalue weighted by Crippen LogP contribution is -2.46. The average Bonchev–Trinajstić information content (AvgIpc) is 2.71. The van der Waals surface area contributed by atoms with Crippen molar-refractivity contribution in [3.8, 4) is 6.07 Å². The smallest absolute Gasteiger partial charge is 0.159 e. The zero-order valence-electron chi connectivity index (χ0n) is 16.7. The van der Waals surface area contributed by atoms with Crippen LogP contribution in [0.4, 0.5) is 11.4 Å². The van der Waals surface area contributed by atoms with Crippen LogP contribution >= 0.6 is 0 Å². The minimum absolute atomic E-state index is 0.0130. The van der Waals surface area contributed by atoms with Crippen molar-refractivity contribution in [3.63, 3.8) is 0 Å². The summed E-state index contributed by atoms with van der Waals surface area (Å²) in [6.07, 6.45) is 1.000. The van der Waals surface area contributed by atoms with Crippen molar-refractivity contribution in [1.29, 1.82) is 5.26 Å². The Morgan fingerprint density at radius 1 is 1.14 bits per heavy atom. The average molecular weight is 377 g/mol. The molecule has 0 aromatic heterocycles. The third-order valence-corrected chi connectivity index (χ3v) is 5.25. The molecule has 5 nitrogen and oxygen atoms in total. The van der Waals surface area contributed by atoms with E-state index in [1.54, 1.807) is 25.1 Å². The van der Waals surface area contributed by atoms with Gasteiger partial charge < -0.3 is 10.2 Å². The minimum Gasteiger partial charge on any atom is -0.384 e. The van der Waals surface area contributed by atoms with Gasteiger partial charge in [0.2, 0.25) is 0 Å². The van der Waals surface area contributed by atoms with Gasteiger partial charge in [-0.1, -0.05) is 12.1 Å². The highest BCUT2D eigenvalue weighted by atomic mass is 16.1. The van der Waals surface area contributed by atoms with Gasteiger partial charge in [-0.2, -0.15) is 5.26 Å². The number of rotatable bonds is 7. The number of Topliss-reactive ketones (excluding diaryl/α,β-unsaturated/α-hetero) is 1. The fourth-order valence-corrected chi connectivity index (χ4v) is 3.59. The number of anilines is 2. The van der Waals surface area contributed by atoms with Crippen LogP contribution in [0.2, 0.25) is 0 Å². The maximum atomic E-state index is 11.6. The molecule has 2 aromatic rings. The van der Waals surface area contributed by atoms with Gasteiger partial charge in [0.15, 0.2) is 5.78 Å². The van der Waals surface area contributed by atoms with E-state index in [9.17, 15) is 10.1 Å². The summed E-state index contributed by atoms with van der Waals surface area (Å²) in [5.41, 5.74) is 4.58. The number of aryl methyl sites for hydroxylation is 1. The molecule has 0 saturated carbocycles. The number of ketones is 1. The number of piperazine rings is 1. The van der Waals surface area contributed by atoms with E-state index < -0.39 is 0 Å². The number of nitrogens with zero attached hydrogens (tertiary/aromatic N) is 3. The van der Waals surface area contributed by atoms with E-state index in [0.29, 0.717) is 11.1 Å². The lowest BCUT2D eigenvalue weighted by Gasteiger charge is -2.36. The van der Waals surface area contributed by atoms with E-state index in [0.717, 1.165) is 51.4 Å². The predicted molar refractivity (Wildman–Crippen MR) is 114 cm³/mol. The molecule has 1 aliphatic heterocycles. The molecule has 0 aliphatic carbocycles. The molecule has 1 aliphatic rings. The maximum absolute atomic E-state index is 11.6. The van der Waals surface area contributed by atoms with Crippen molar-refractivity contribution in [2.45, 2.75) is 20.3 Å². The minimum atomic E-state index is 0.0130. The SMILES string of the molecule is CC(=O)c1ccc(C#N)c(NCCCN2CCN(c3cccc(C)c3)CC2)c1. The molecule has 0 bridgehead atoms. The van der Waals surface area contributed by atoms with E-state index in [2.05, 4.69) is 52.4 Å². The number of nitrogens with one attached hydrogen (secondary N) is 1. The lowest BCUT2D eigenvalue weighted by atomic mass is 10.1. The summed E-state index contributed by atoms with van der Waals surface area (Å²) in [7, 11) is 0. The molecule has 28 heavy (non-hydrogen) atoms. The van der Waals surface area contributed by atoms with Gasteiger partial charge in [-0.15, -0.1) is 0 Å². The van der Waals surface area contributed by atoms with Crippen LogP contribution in [-0.4, -0.2) is 50.0 Å². The number of carbonyl (C=O) groups excluding carboxylic acids is 1. The molecule has 0 unspecified atom stereocenters. The molecule has 0 radical (unpaired) electrons. The second kappa shape index (κ2) is 9.38. The van der Waals surface area contributed by atoms with Crippen molar-refractivity contribution in [1.82, 2.24) is 4.90 Å². The first-order chi connectivity index (χ1) is 13.6. The summed E-state index contributed by atoms with van der Waals surface area (Å²) in [5.74, 6) is 0.0130. The van der Waals surface area contributed by atoms with E-state index in [1.807, 2.05) is 0 Å². The number of nitriles is 1. The van der Waals surface area contributed by atoms with Crippen LogP contribution in [-0.2, 0) is 0 Å². The molecule has 1 heterocycles. The van der Waals surface area contributed by atoms with E-state index in [-0.39, 0.29) is 5.78 Å². The van der Waals surface area contributed by atoms with Crippen LogP contribution in [0.15, 0.2) is 42.5 Å². The molecule has 2 aromatic carbocycles. The quantitative estimate of drug-likeness (QED) is 0.590. The Morgan fingerprint density at radius 3 is 2.61 bits per heavy atom. The first-order valence-electron chi connectivity index (χ1n) is 9.90. The fraction of sp³-hybridized carbons (Fsp3) is 0.391. The van der Waals surface area contributed by atoms with E-state index in [1.165, 1.54) is 11.3 Å². The molecule has 1 N–H and O–H groups in total. The summed E-state index contributed by atoms with van der Waals surface area (Å²) < 4.78 is 0. The fourth-order valence-electron chi connectivity index (χ4n) is 3.59. The lowest BCUT2D eigenvalue weighted by molar-refractivity contribution is 0.101. The highest BCUT2D eigenvalue weighted by Gasteiger charge is 2.16. The van der Waals surface area contributed by atoms with Crippen molar-refractivity contribution in [2.24, 2.45) is 0 Å². The normalized spacial score (nSPS) is 14.5. The van der Waals surface area contributed by atoms with Gasteiger partial charge in [0.25, 0.3) is 0 Å². The zero-order chi connectivity index (χ0) is 19.9. The number of benzene rings is 2. The highest BCUT2D eigenvalue weighted by molar-refractivity contribution is 5.95. The molecule has 0 atom stereocenters. The molecule has 1 saturated heterocycles. The molecule has 146 valence electrons. The van der Waals surface area contributed by atoms with Crippen LogP contribution in [0.1, 0.15) is 34.8 Å². The summed E-state index contributed by atoms with van der Waals surface area (Å²) >= 11 is 0. The summed E-state index contributed by atoms with van der Waals surface area (Å²) in [6, 6.07) is 16.1. The molecule has 0 amide bonds. The van der Waals surface area contributed by atoms with Gasteiger partial charge >= 0.3 is 0 Å². The third kappa shape index (κ3) is 5.11. The number of carbonyl (C=O) groups is 1. The van der Waals surface area contributed by atoms with Gasteiger partial charge in [-0.05, 0) is 62.7 Å². The molecular formula is C23H28N4O. The number of hydrogen-bond donors (Lipinski definition) is 1. The second-order valence-electron chi connectivity index (χ2n) is 7.38. The van der Waals surface area contributed by atoms with E-state index in [4.69, 9.17) is 0 Å². The molecular weight excluding hydrogens is 348 g/mol. The first kappa shape index (κ1) is 19.9. The Hall–Kier alpha value is -2.84. The predicted octanol–water partition coefficient (Wildman–Crippen LogP) is 3.69. The third-order valence-electron chi connectivity index (χ3n) is 5.25. The molecule has 1 fully saturated rings. The van der Waals surface area contributed by atoms with E-state index >= 15 is 0 Å². The Labute approximate surface area is 167 Å². The highest BCUT2D eigenvalue weighted by Crippen LogP contribution is 2.19. The standard InChI is InChI=1S/C23H28N4O/c1-18-5-3-6-22(15-18)27-13-11-26(12-14-27)10-4-9-25-23-16-20(19(2)28)7-8-21(23)17-24/h3,5-8,15-16,25H,4,9-14H2,1-2H3. The second-order valence-corrected chi connectivity index (χ2v) is 7.38. The van der Waals surface area contributed by atoms with Gasteiger partial charge in [-0.3, -0.25) is 9.69 Å². The molecule has 0 spiro atoms. The van der Waals surface area contributed by atoms with Gasteiger partial charge in [0.1, 0.15) is 6.07 Å². The van der Waals surface area contributed by atoms with Gasteiger partial charge in [0.05, 0.1) is 11.3 Å². The van der Waals surface area contributed by atoms with Crippen molar-refractivity contribution >= 4 is 17.2 Å². The maximum Gasteiger partial charge on any atom is 0.159 e. The Morgan fingerprint density at radius 2 is 1.93 bits per heavy atom. The van der Waals surface area contributed by atoms with Crippen molar-refractivity contribution in [3.05, 3.63) is 59.2 Å². The monoisotopic (exact) mass is 376 g/mol. The van der Waals surface area contributed by atoms with Crippen LogP contribution in [0.3, 0.4) is 0 Å². The van der Waals surface area contributed by atoms with Crippen LogP contribution in [0.25, 0.3) is 0 Å². The Kier molecular flexibility index (Phi) is 6.67. The van der Waals surface area contributed by atoms with Crippen LogP contribution in [0, 0.1) is 18.3 Å². The van der Waals surface area contributed by atoms with Crippen LogP contribution < -0.4 is 10.2 Å². The summed E-state index contributed by atoms with van der Waals surface area (Å²) in [6.45, 7) is 9.73. The van der Waals surface area contributed by atoms with Crippen molar-refractivity contribution in [2.75, 3.05) is 49.5 Å². The van der Waals surface area contributed by atoms with Crippen molar-refractivity contribution < 1.29 is 4.79 Å². The van der Waals surface area contributed by atoms with Gasteiger partial charge in [0, 0.05) is 44.0 Å².